The quantitative estimate of drug-likeness (QED) is 0.653. The summed E-state index contributed by atoms with van der Waals surface area (Å²) in [6.07, 6.45) is 0. The van der Waals surface area contributed by atoms with Gasteiger partial charge in [-0.2, -0.15) is 0 Å². The molecule has 0 aliphatic heterocycles. The Labute approximate surface area is 99.9 Å². The van der Waals surface area contributed by atoms with E-state index in [0.29, 0.717) is 5.17 Å². The molecule has 0 aromatic heterocycles. The summed E-state index contributed by atoms with van der Waals surface area (Å²) in [7, 11) is 0. The Balaban J connectivity index is 2.50. The average molecular weight is 243 g/mol. The average Bonchev–Trinajstić information content (AvgIpc) is 2.14. The molecule has 0 unspecified atom stereocenters. The first-order chi connectivity index (χ1) is 7.08. The van der Waals surface area contributed by atoms with Gasteiger partial charge in [0, 0.05) is 16.8 Å². The van der Waals surface area contributed by atoms with Gasteiger partial charge in [0.2, 0.25) is 0 Å². The molecule has 15 heavy (non-hydrogen) atoms. The Morgan fingerprint density at radius 2 is 2.27 bits per heavy atom. The van der Waals surface area contributed by atoms with Crippen LogP contribution in [-0.4, -0.2) is 11.2 Å². The summed E-state index contributed by atoms with van der Waals surface area (Å²) in [6, 6.07) is 8.02. The van der Waals surface area contributed by atoms with E-state index in [0.717, 1.165) is 16.3 Å². The van der Waals surface area contributed by atoms with E-state index < -0.39 is 0 Å². The van der Waals surface area contributed by atoms with E-state index in [1.165, 1.54) is 11.8 Å². The molecule has 2 N–H and O–H groups in total. The van der Waals surface area contributed by atoms with E-state index in [9.17, 15) is 0 Å². The first-order valence-corrected chi connectivity index (χ1v) is 6.15. The number of amidine groups is 1. The van der Waals surface area contributed by atoms with E-state index in [4.69, 9.17) is 17.3 Å². The molecule has 0 heterocycles. The summed E-state index contributed by atoms with van der Waals surface area (Å²) in [4.78, 5) is 4.24. The highest BCUT2D eigenvalue weighted by Crippen LogP contribution is 2.16. The SMILES string of the molecule is CC(C)N=C(N)SCc1cccc(Cl)c1. The molecule has 0 bridgehead atoms. The molecule has 0 radical (unpaired) electrons. The zero-order chi connectivity index (χ0) is 11.3. The summed E-state index contributed by atoms with van der Waals surface area (Å²) in [6.45, 7) is 4.01. The predicted molar refractivity (Wildman–Crippen MR) is 69.5 cm³/mol. The van der Waals surface area contributed by atoms with Crippen molar-refractivity contribution in [2.24, 2.45) is 10.7 Å². The third-order valence-electron chi connectivity index (χ3n) is 1.66. The minimum absolute atomic E-state index is 0.247. The molecule has 2 nitrogen and oxygen atoms in total. The number of thioether (sulfide) groups is 1. The van der Waals surface area contributed by atoms with Crippen LogP contribution in [0.5, 0.6) is 0 Å². The fourth-order valence-corrected chi connectivity index (χ4v) is 2.07. The van der Waals surface area contributed by atoms with Gasteiger partial charge in [0.25, 0.3) is 0 Å². The molecule has 0 amide bonds. The topological polar surface area (TPSA) is 38.4 Å². The van der Waals surface area contributed by atoms with Crippen LogP contribution in [0.15, 0.2) is 29.3 Å². The van der Waals surface area contributed by atoms with Gasteiger partial charge in [-0.25, -0.2) is 0 Å². The normalized spacial score (nSPS) is 12.1. The van der Waals surface area contributed by atoms with Gasteiger partial charge in [0.15, 0.2) is 5.17 Å². The van der Waals surface area contributed by atoms with Crippen molar-refractivity contribution in [3.8, 4) is 0 Å². The van der Waals surface area contributed by atoms with Crippen LogP contribution < -0.4 is 5.73 Å². The summed E-state index contributed by atoms with van der Waals surface area (Å²) in [5, 5.41) is 1.39. The minimum atomic E-state index is 0.247. The smallest absolute Gasteiger partial charge is 0.154 e. The molecule has 1 aromatic rings. The van der Waals surface area contributed by atoms with Crippen molar-refractivity contribution in [2.45, 2.75) is 25.6 Å². The highest BCUT2D eigenvalue weighted by atomic mass is 35.5. The highest BCUT2D eigenvalue weighted by molar-refractivity contribution is 8.13. The molecular formula is C11H15ClN2S. The van der Waals surface area contributed by atoms with E-state index >= 15 is 0 Å². The monoisotopic (exact) mass is 242 g/mol. The lowest BCUT2D eigenvalue weighted by Crippen LogP contribution is -2.09. The summed E-state index contributed by atoms with van der Waals surface area (Å²) in [5.41, 5.74) is 6.90. The van der Waals surface area contributed by atoms with E-state index in [2.05, 4.69) is 4.99 Å². The van der Waals surface area contributed by atoms with Gasteiger partial charge in [-0.3, -0.25) is 4.99 Å². The second-order valence-electron chi connectivity index (χ2n) is 3.48. The van der Waals surface area contributed by atoms with Crippen molar-refractivity contribution in [1.29, 1.82) is 0 Å². The molecule has 4 heteroatoms. The van der Waals surface area contributed by atoms with Crippen LogP contribution >= 0.6 is 23.4 Å². The number of rotatable bonds is 3. The van der Waals surface area contributed by atoms with Gasteiger partial charge in [0.05, 0.1) is 0 Å². The number of aliphatic imine (C=N–C) groups is 1. The van der Waals surface area contributed by atoms with Gasteiger partial charge >= 0.3 is 0 Å². The van der Waals surface area contributed by atoms with Gasteiger partial charge < -0.3 is 5.73 Å². The van der Waals surface area contributed by atoms with Crippen LogP contribution in [0, 0.1) is 0 Å². The lowest BCUT2D eigenvalue weighted by atomic mass is 10.2. The molecular weight excluding hydrogens is 228 g/mol. The Morgan fingerprint density at radius 3 is 2.87 bits per heavy atom. The van der Waals surface area contributed by atoms with Crippen LogP contribution in [0.1, 0.15) is 19.4 Å². The largest absolute Gasteiger partial charge is 0.379 e. The van der Waals surface area contributed by atoms with Crippen molar-refractivity contribution < 1.29 is 0 Å². The molecule has 0 saturated carbocycles. The lowest BCUT2D eigenvalue weighted by Gasteiger charge is -2.03. The molecule has 0 aliphatic rings. The second-order valence-corrected chi connectivity index (χ2v) is 4.91. The van der Waals surface area contributed by atoms with Gasteiger partial charge in [-0.15, -0.1) is 0 Å². The maximum absolute atomic E-state index is 5.87. The van der Waals surface area contributed by atoms with Gasteiger partial charge in [-0.05, 0) is 31.5 Å². The summed E-state index contributed by atoms with van der Waals surface area (Å²) < 4.78 is 0. The Bertz CT molecular complexity index is 350. The van der Waals surface area contributed by atoms with Crippen molar-refractivity contribution in [3.05, 3.63) is 34.9 Å². The van der Waals surface area contributed by atoms with Crippen molar-refractivity contribution >= 4 is 28.5 Å². The summed E-state index contributed by atoms with van der Waals surface area (Å²) >= 11 is 7.41. The fourth-order valence-electron chi connectivity index (χ4n) is 1.08. The lowest BCUT2D eigenvalue weighted by molar-refractivity contribution is 0.838. The predicted octanol–water partition coefficient (Wildman–Crippen LogP) is 3.30. The maximum Gasteiger partial charge on any atom is 0.154 e. The zero-order valence-electron chi connectivity index (χ0n) is 8.90. The molecule has 1 rings (SSSR count). The number of hydrogen-bond donors (Lipinski definition) is 1. The van der Waals surface area contributed by atoms with E-state index in [-0.39, 0.29) is 6.04 Å². The van der Waals surface area contributed by atoms with Crippen molar-refractivity contribution in [3.63, 3.8) is 0 Å². The molecule has 0 saturated heterocycles. The highest BCUT2D eigenvalue weighted by Gasteiger charge is 1.98. The second kappa shape index (κ2) is 6.03. The minimum Gasteiger partial charge on any atom is -0.379 e. The molecule has 1 aromatic carbocycles. The third-order valence-corrected chi connectivity index (χ3v) is 2.78. The standard InChI is InChI=1S/C11H15ClN2S/c1-8(2)14-11(13)15-7-9-4-3-5-10(12)6-9/h3-6,8H,7H2,1-2H3,(H2,13,14). The number of hydrogen-bond acceptors (Lipinski definition) is 2. The van der Waals surface area contributed by atoms with Gasteiger partial charge in [0.1, 0.15) is 0 Å². The van der Waals surface area contributed by atoms with Crippen LogP contribution in [0.3, 0.4) is 0 Å². The van der Waals surface area contributed by atoms with Crippen LogP contribution in [-0.2, 0) is 5.75 Å². The third kappa shape index (κ3) is 5.09. The van der Waals surface area contributed by atoms with E-state index in [1.807, 2.05) is 38.1 Å². The summed E-state index contributed by atoms with van der Waals surface area (Å²) in [5.74, 6) is 0.808. The Kier molecular flexibility index (Phi) is 4.99. The van der Waals surface area contributed by atoms with Crippen LogP contribution in [0.2, 0.25) is 5.02 Å². The molecule has 82 valence electrons. The first-order valence-electron chi connectivity index (χ1n) is 4.78. The Morgan fingerprint density at radius 1 is 1.53 bits per heavy atom. The molecule has 0 spiro atoms. The fraction of sp³-hybridized carbons (Fsp3) is 0.364. The molecule has 0 aliphatic carbocycles. The number of benzene rings is 1. The number of nitrogens with zero attached hydrogens (tertiary/aromatic N) is 1. The molecule has 0 fully saturated rings. The van der Waals surface area contributed by atoms with E-state index in [1.54, 1.807) is 0 Å². The first kappa shape index (κ1) is 12.4. The number of nitrogens with two attached hydrogens (primary N) is 1. The van der Waals surface area contributed by atoms with Crippen molar-refractivity contribution in [2.75, 3.05) is 0 Å². The van der Waals surface area contributed by atoms with Crippen molar-refractivity contribution in [1.82, 2.24) is 0 Å². The Hall–Kier alpha value is -0.670. The molecule has 0 atom stereocenters. The number of halogens is 1. The van der Waals surface area contributed by atoms with Gasteiger partial charge in [-0.1, -0.05) is 35.5 Å². The zero-order valence-corrected chi connectivity index (χ0v) is 10.5. The van der Waals surface area contributed by atoms with Crippen LogP contribution in [0.4, 0.5) is 0 Å². The van der Waals surface area contributed by atoms with Crippen LogP contribution in [0.25, 0.3) is 0 Å². The maximum atomic E-state index is 5.87.